The SMILES string of the molecule is CC(C)c1cc(=O)n(CC2CCN(c3ncnc4[nH]ccc34)CC2)cn1. The third-order valence-corrected chi connectivity index (χ3v) is 5.19. The van der Waals surface area contributed by atoms with E-state index in [-0.39, 0.29) is 11.5 Å². The third kappa shape index (κ3) is 3.21. The van der Waals surface area contributed by atoms with Crippen molar-refractivity contribution in [2.24, 2.45) is 5.92 Å². The highest BCUT2D eigenvalue weighted by Crippen LogP contribution is 2.27. The van der Waals surface area contributed by atoms with Gasteiger partial charge in [-0.2, -0.15) is 0 Å². The van der Waals surface area contributed by atoms with E-state index in [1.54, 1.807) is 23.3 Å². The summed E-state index contributed by atoms with van der Waals surface area (Å²) in [6.45, 7) is 6.72. The molecule has 4 rings (SSSR count). The molecule has 26 heavy (non-hydrogen) atoms. The van der Waals surface area contributed by atoms with Gasteiger partial charge in [0, 0.05) is 31.9 Å². The topological polar surface area (TPSA) is 79.7 Å². The first-order valence-electron chi connectivity index (χ1n) is 9.21. The first-order chi connectivity index (χ1) is 12.6. The van der Waals surface area contributed by atoms with Crippen LogP contribution in [-0.2, 0) is 6.54 Å². The van der Waals surface area contributed by atoms with E-state index >= 15 is 0 Å². The highest BCUT2D eigenvalue weighted by molar-refractivity contribution is 5.87. The zero-order valence-corrected chi connectivity index (χ0v) is 15.2. The summed E-state index contributed by atoms with van der Waals surface area (Å²) < 4.78 is 1.75. The summed E-state index contributed by atoms with van der Waals surface area (Å²) in [5, 5.41) is 1.07. The number of anilines is 1. The number of nitrogens with zero attached hydrogens (tertiary/aromatic N) is 5. The van der Waals surface area contributed by atoms with Crippen LogP contribution < -0.4 is 10.5 Å². The summed E-state index contributed by atoms with van der Waals surface area (Å²) >= 11 is 0. The zero-order chi connectivity index (χ0) is 18.1. The minimum atomic E-state index is 0.0518. The first-order valence-corrected chi connectivity index (χ1v) is 9.21. The Hall–Kier alpha value is -2.70. The average Bonchev–Trinajstić information content (AvgIpc) is 3.13. The van der Waals surface area contributed by atoms with Crippen LogP contribution in [0.4, 0.5) is 5.82 Å². The molecular formula is C19H24N6O. The molecule has 0 aliphatic carbocycles. The quantitative estimate of drug-likeness (QED) is 0.780. The number of hydrogen-bond acceptors (Lipinski definition) is 5. The Morgan fingerprint density at radius 2 is 2.04 bits per heavy atom. The standard InChI is InChI=1S/C19H24N6O/c1-13(2)16-9-17(26)25(12-23-16)10-14-4-7-24(8-5-14)19-15-3-6-20-18(15)21-11-22-19/h3,6,9,11-14H,4-5,7-8,10H2,1-2H3,(H,20,21,22). The fourth-order valence-electron chi connectivity index (χ4n) is 3.61. The van der Waals surface area contributed by atoms with E-state index in [9.17, 15) is 4.79 Å². The lowest BCUT2D eigenvalue weighted by Crippen LogP contribution is -2.37. The van der Waals surface area contributed by atoms with Crippen molar-refractivity contribution in [3.63, 3.8) is 0 Å². The van der Waals surface area contributed by atoms with Gasteiger partial charge in [0.15, 0.2) is 0 Å². The van der Waals surface area contributed by atoms with Gasteiger partial charge < -0.3 is 9.88 Å². The molecule has 7 nitrogen and oxygen atoms in total. The number of aromatic nitrogens is 5. The van der Waals surface area contributed by atoms with E-state index in [0.717, 1.165) is 55.0 Å². The molecule has 0 atom stereocenters. The number of H-pyrrole nitrogens is 1. The van der Waals surface area contributed by atoms with Crippen LogP contribution >= 0.6 is 0 Å². The smallest absolute Gasteiger partial charge is 0.253 e. The average molecular weight is 352 g/mol. The Labute approximate surface area is 152 Å². The molecule has 0 radical (unpaired) electrons. The van der Waals surface area contributed by atoms with E-state index in [1.165, 1.54) is 0 Å². The lowest BCUT2D eigenvalue weighted by molar-refractivity contribution is 0.350. The zero-order valence-electron chi connectivity index (χ0n) is 15.2. The van der Waals surface area contributed by atoms with E-state index in [2.05, 4.69) is 38.7 Å². The Kier molecular flexibility index (Phi) is 4.44. The maximum Gasteiger partial charge on any atom is 0.253 e. The van der Waals surface area contributed by atoms with Crippen LogP contribution in [0, 0.1) is 5.92 Å². The van der Waals surface area contributed by atoms with Crippen molar-refractivity contribution in [3.05, 3.63) is 47.0 Å². The summed E-state index contributed by atoms with van der Waals surface area (Å²) in [6, 6.07) is 3.70. The van der Waals surface area contributed by atoms with Crippen LogP contribution in [0.15, 0.2) is 35.8 Å². The number of nitrogens with one attached hydrogen (secondary N) is 1. The van der Waals surface area contributed by atoms with E-state index < -0.39 is 0 Å². The van der Waals surface area contributed by atoms with Crippen LogP contribution in [0.5, 0.6) is 0 Å². The summed E-state index contributed by atoms with van der Waals surface area (Å²) in [7, 11) is 0. The van der Waals surface area contributed by atoms with Crippen molar-refractivity contribution < 1.29 is 0 Å². The van der Waals surface area contributed by atoms with Crippen molar-refractivity contribution in [2.75, 3.05) is 18.0 Å². The summed E-state index contributed by atoms with van der Waals surface area (Å²) in [5.41, 5.74) is 1.79. The molecule has 0 spiro atoms. The first kappa shape index (κ1) is 16.8. The molecule has 1 saturated heterocycles. The number of rotatable bonds is 4. The molecule has 1 N–H and O–H groups in total. The summed E-state index contributed by atoms with van der Waals surface area (Å²) in [6.07, 6.45) is 7.29. The minimum absolute atomic E-state index is 0.0518. The second-order valence-corrected chi connectivity index (χ2v) is 7.33. The predicted molar refractivity (Wildman–Crippen MR) is 101 cm³/mol. The van der Waals surface area contributed by atoms with E-state index in [0.29, 0.717) is 5.92 Å². The van der Waals surface area contributed by atoms with Gasteiger partial charge in [-0.15, -0.1) is 0 Å². The van der Waals surface area contributed by atoms with E-state index in [1.807, 2.05) is 12.3 Å². The molecule has 1 fully saturated rings. The van der Waals surface area contributed by atoms with Crippen molar-refractivity contribution >= 4 is 16.9 Å². The normalized spacial score (nSPS) is 15.9. The fraction of sp³-hybridized carbons (Fsp3) is 0.474. The molecule has 0 aromatic carbocycles. The largest absolute Gasteiger partial charge is 0.356 e. The Balaban J connectivity index is 1.43. The number of fused-ring (bicyclic) bond motifs is 1. The van der Waals surface area contributed by atoms with Crippen LogP contribution in [0.3, 0.4) is 0 Å². The number of aromatic amines is 1. The molecule has 3 aromatic rings. The Bertz CT molecular complexity index is 952. The maximum atomic E-state index is 12.3. The van der Waals surface area contributed by atoms with Crippen LogP contribution in [-0.4, -0.2) is 37.6 Å². The van der Waals surface area contributed by atoms with Gasteiger partial charge in [0.1, 0.15) is 17.8 Å². The Morgan fingerprint density at radius 3 is 2.77 bits per heavy atom. The van der Waals surface area contributed by atoms with E-state index in [4.69, 9.17) is 0 Å². The molecule has 4 heterocycles. The predicted octanol–water partition coefficient (Wildman–Crippen LogP) is 2.55. The molecule has 1 aliphatic heterocycles. The lowest BCUT2D eigenvalue weighted by atomic mass is 9.96. The maximum absolute atomic E-state index is 12.3. The monoisotopic (exact) mass is 352 g/mol. The van der Waals surface area contributed by atoms with Crippen LogP contribution in [0.2, 0.25) is 0 Å². The lowest BCUT2D eigenvalue weighted by Gasteiger charge is -2.33. The van der Waals surface area contributed by atoms with Gasteiger partial charge in [-0.3, -0.25) is 9.36 Å². The van der Waals surface area contributed by atoms with Gasteiger partial charge in [-0.25, -0.2) is 15.0 Å². The molecule has 1 aliphatic rings. The van der Waals surface area contributed by atoms with Crippen molar-refractivity contribution in [1.82, 2.24) is 24.5 Å². The van der Waals surface area contributed by atoms with Crippen molar-refractivity contribution in [3.8, 4) is 0 Å². The highest BCUT2D eigenvalue weighted by atomic mass is 16.1. The van der Waals surface area contributed by atoms with Gasteiger partial charge in [-0.05, 0) is 30.7 Å². The summed E-state index contributed by atoms with van der Waals surface area (Å²) in [5.74, 6) is 1.76. The van der Waals surface area contributed by atoms with Crippen LogP contribution in [0.1, 0.15) is 38.3 Å². The van der Waals surface area contributed by atoms with Gasteiger partial charge in [0.25, 0.3) is 5.56 Å². The summed E-state index contributed by atoms with van der Waals surface area (Å²) in [4.78, 5) is 30.9. The molecule has 7 heteroatoms. The molecule has 0 amide bonds. The third-order valence-electron chi connectivity index (χ3n) is 5.19. The van der Waals surface area contributed by atoms with Crippen LogP contribution in [0.25, 0.3) is 11.0 Å². The minimum Gasteiger partial charge on any atom is -0.356 e. The van der Waals surface area contributed by atoms with Crippen molar-refractivity contribution in [2.45, 2.75) is 39.2 Å². The Morgan fingerprint density at radius 1 is 1.23 bits per heavy atom. The van der Waals surface area contributed by atoms with Gasteiger partial charge >= 0.3 is 0 Å². The second-order valence-electron chi connectivity index (χ2n) is 7.33. The highest BCUT2D eigenvalue weighted by Gasteiger charge is 2.22. The molecule has 3 aromatic heterocycles. The number of hydrogen-bond donors (Lipinski definition) is 1. The van der Waals surface area contributed by atoms with Gasteiger partial charge in [0.05, 0.1) is 17.4 Å². The molecular weight excluding hydrogens is 328 g/mol. The van der Waals surface area contributed by atoms with Gasteiger partial charge in [0.2, 0.25) is 0 Å². The molecule has 0 bridgehead atoms. The van der Waals surface area contributed by atoms with Gasteiger partial charge in [-0.1, -0.05) is 13.8 Å². The molecule has 136 valence electrons. The molecule has 0 saturated carbocycles. The second kappa shape index (κ2) is 6.90. The number of piperidine rings is 1. The fourth-order valence-corrected chi connectivity index (χ4v) is 3.61. The molecule has 0 unspecified atom stereocenters. The van der Waals surface area contributed by atoms with Crippen molar-refractivity contribution in [1.29, 1.82) is 0 Å².